The van der Waals surface area contributed by atoms with E-state index in [1.165, 1.54) is 18.2 Å². The van der Waals surface area contributed by atoms with Gasteiger partial charge < -0.3 is 5.73 Å². The molecule has 0 amide bonds. The van der Waals surface area contributed by atoms with Crippen LogP contribution in [-0.4, -0.2) is 14.3 Å². The Morgan fingerprint density at radius 2 is 1.39 bits per heavy atom. The first-order valence-electron chi connectivity index (χ1n) is 8.90. The Morgan fingerprint density at radius 1 is 0.848 bits per heavy atom. The van der Waals surface area contributed by atoms with Crippen LogP contribution in [0.5, 0.6) is 0 Å². The summed E-state index contributed by atoms with van der Waals surface area (Å²) in [6.45, 7) is 0.844. The topological polar surface area (TPSA) is 65.8 Å². The van der Waals surface area contributed by atoms with Crippen molar-refractivity contribution in [2.75, 3.05) is 5.73 Å². The van der Waals surface area contributed by atoms with Crippen LogP contribution < -0.4 is 11.4 Å². The summed E-state index contributed by atoms with van der Waals surface area (Å²) in [4.78, 5) is 12.7. The van der Waals surface area contributed by atoms with Gasteiger partial charge in [-0.3, -0.25) is 4.57 Å². The third-order valence-electron chi connectivity index (χ3n) is 4.61. The molecule has 3 aromatic rings. The maximum absolute atomic E-state index is 13.5. The van der Waals surface area contributed by atoms with Gasteiger partial charge in [-0.2, -0.15) is 44.2 Å². The fourth-order valence-corrected chi connectivity index (χ4v) is 3.00. The van der Waals surface area contributed by atoms with E-state index in [4.69, 9.17) is 5.73 Å². The van der Waals surface area contributed by atoms with Gasteiger partial charge in [0.05, 0.1) is 23.4 Å². The number of anilines is 1. The molecule has 5 nitrogen and oxygen atoms in total. The highest BCUT2D eigenvalue weighted by molar-refractivity contribution is 5.47. The summed E-state index contributed by atoms with van der Waals surface area (Å²) in [7, 11) is 0. The van der Waals surface area contributed by atoms with Crippen molar-refractivity contribution in [1.82, 2.24) is 14.3 Å². The number of rotatable bonds is 3. The number of nitrogen functional groups attached to an aromatic ring is 1. The predicted octanol–water partition coefficient (Wildman–Crippen LogP) is 5.03. The lowest BCUT2D eigenvalue weighted by Gasteiger charge is -2.13. The fraction of sp³-hybridized carbons (Fsp3) is 0.263. The second-order valence-corrected chi connectivity index (χ2v) is 7.06. The first-order valence-corrected chi connectivity index (χ1v) is 8.90. The van der Waals surface area contributed by atoms with E-state index in [1.54, 1.807) is 6.92 Å². The van der Waals surface area contributed by atoms with Crippen molar-refractivity contribution in [2.45, 2.75) is 32.0 Å². The number of hydrogen-bond acceptors (Lipinski definition) is 3. The van der Waals surface area contributed by atoms with Crippen LogP contribution in [0.2, 0.25) is 0 Å². The molecular formula is C19H13F9N4O. The third kappa shape index (κ3) is 4.98. The lowest BCUT2D eigenvalue weighted by atomic mass is 10.1. The largest absolute Gasteiger partial charge is 0.451 e. The zero-order valence-corrected chi connectivity index (χ0v) is 16.4. The fourth-order valence-electron chi connectivity index (χ4n) is 3.00. The van der Waals surface area contributed by atoms with Crippen LogP contribution >= 0.6 is 0 Å². The van der Waals surface area contributed by atoms with Gasteiger partial charge in [-0.25, -0.2) is 4.79 Å². The maximum atomic E-state index is 13.5. The molecule has 0 aliphatic carbocycles. The van der Waals surface area contributed by atoms with E-state index < -0.39 is 53.4 Å². The number of hydrogen-bond donors (Lipinski definition) is 1. The summed E-state index contributed by atoms with van der Waals surface area (Å²) in [5.74, 6) is -1.80. The normalized spacial score (nSPS) is 12.9. The Kier molecular flexibility index (Phi) is 5.75. The van der Waals surface area contributed by atoms with Gasteiger partial charge in [0.25, 0.3) is 0 Å². The second-order valence-electron chi connectivity index (χ2n) is 7.06. The first-order chi connectivity index (χ1) is 15.0. The van der Waals surface area contributed by atoms with Gasteiger partial charge in [0, 0.05) is 5.69 Å². The number of nitrogens with zero attached hydrogens (tertiary/aromatic N) is 3. The van der Waals surface area contributed by atoms with Crippen LogP contribution in [0, 0.1) is 6.92 Å². The highest BCUT2D eigenvalue weighted by atomic mass is 19.4. The maximum Gasteiger partial charge on any atom is 0.451 e. The van der Waals surface area contributed by atoms with Crippen LogP contribution in [0.4, 0.5) is 45.2 Å². The van der Waals surface area contributed by atoms with E-state index in [1.807, 2.05) is 0 Å². The van der Waals surface area contributed by atoms with Gasteiger partial charge in [0.15, 0.2) is 0 Å². The predicted molar refractivity (Wildman–Crippen MR) is 97.5 cm³/mol. The SMILES string of the molecule is Cc1cc(Cn2c(C(F)(F)F)nn(-c3cc(C(F)(F)F)cc(C(F)(F)F)c3)c2=O)ccc1N. The van der Waals surface area contributed by atoms with Crippen LogP contribution in [0.15, 0.2) is 41.2 Å². The average molecular weight is 484 g/mol. The summed E-state index contributed by atoms with van der Waals surface area (Å²) in [6, 6.07) is 4.08. The van der Waals surface area contributed by atoms with E-state index in [9.17, 15) is 44.3 Å². The van der Waals surface area contributed by atoms with E-state index in [2.05, 4.69) is 5.10 Å². The van der Waals surface area contributed by atoms with Crippen molar-refractivity contribution in [2.24, 2.45) is 0 Å². The smallest absolute Gasteiger partial charge is 0.399 e. The van der Waals surface area contributed by atoms with Crippen molar-refractivity contribution in [3.63, 3.8) is 0 Å². The quantitative estimate of drug-likeness (QED) is 0.419. The monoisotopic (exact) mass is 484 g/mol. The van der Waals surface area contributed by atoms with Gasteiger partial charge in [0.2, 0.25) is 5.82 Å². The van der Waals surface area contributed by atoms with Gasteiger partial charge in [-0.15, -0.1) is 5.10 Å². The highest BCUT2D eigenvalue weighted by Crippen LogP contribution is 2.37. The molecule has 2 aromatic carbocycles. The van der Waals surface area contributed by atoms with E-state index in [-0.39, 0.29) is 33.0 Å². The Bertz CT molecular complexity index is 1220. The number of halogens is 9. The van der Waals surface area contributed by atoms with Gasteiger partial charge >= 0.3 is 24.2 Å². The van der Waals surface area contributed by atoms with Crippen molar-refractivity contribution in [3.05, 3.63) is 75.0 Å². The van der Waals surface area contributed by atoms with Crippen LogP contribution in [-0.2, 0) is 25.1 Å². The van der Waals surface area contributed by atoms with Crippen molar-refractivity contribution < 1.29 is 39.5 Å². The van der Waals surface area contributed by atoms with Crippen molar-refractivity contribution in [1.29, 1.82) is 0 Å². The molecular weight excluding hydrogens is 471 g/mol. The Labute approximate surface area is 178 Å². The number of aromatic nitrogens is 3. The molecule has 178 valence electrons. The lowest BCUT2D eigenvalue weighted by molar-refractivity contribution is -0.147. The summed E-state index contributed by atoms with van der Waals surface area (Å²) in [5, 5.41) is 3.02. The third-order valence-corrected chi connectivity index (χ3v) is 4.61. The second kappa shape index (κ2) is 7.85. The summed E-state index contributed by atoms with van der Waals surface area (Å²) < 4.78 is 119. The molecule has 0 spiro atoms. The Morgan fingerprint density at radius 3 is 1.85 bits per heavy atom. The molecule has 0 saturated carbocycles. The molecule has 14 heteroatoms. The highest BCUT2D eigenvalue weighted by Gasteiger charge is 2.41. The molecule has 0 aliphatic heterocycles. The Hall–Kier alpha value is -3.45. The number of nitrogens with two attached hydrogens (primary N) is 1. The average Bonchev–Trinajstić information content (AvgIpc) is 3.00. The number of alkyl halides is 9. The molecule has 0 fully saturated rings. The minimum atomic E-state index is -5.27. The van der Waals surface area contributed by atoms with Crippen molar-refractivity contribution in [3.8, 4) is 5.69 Å². The van der Waals surface area contributed by atoms with E-state index in [0.717, 1.165) is 0 Å². The van der Waals surface area contributed by atoms with Crippen LogP contribution in [0.3, 0.4) is 0 Å². The molecule has 3 rings (SSSR count). The molecule has 1 aromatic heterocycles. The molecule has 0 bridgehead atoms. The van der Waals surface area contributed by atoms with Crippen molar-refractivity contribution >= 4 is 5.69 Å². The summed E-state index contributed by atoms with van der Waals surface area (Å²) in [6.07, 6.45) is -15.8. The Balaban J connectivity index is 2.24. The van der Waals surface area contributed by atoms with E-state index in [0.29, 0.717) is 11.3 Å². The minimum Gasteiger partial charge on any atom is -0.399 e. The van der Waals surface area contributed by atoms with Gasteiger partial charge in [0.1, 0.15) is 0 Å². The molecule has 0 unspecified atom stereocenters. The molecule has 0 radical (unpaired) electrons. The first kappa shape index (κ1) is 24.2. The molecule has 33 heavy (non-hydrogen) atoms. The number of aryl methyl sites for hydroxylation is 1. The van der Waals surface area contributed by atoms with Gasteiger partial charge in [-0.1, -0.05) is 12.1 Å². The molecule has 0 saturated heterocycles. The van der Waals surface area contributed by atoms with Crippen LogP contribution in [0.25, 0.3) is 5.69 Å². The summed E-state index contributed by atoms with van der Waals surface area (Å²) >= 11 is 0. The molecule has 1 heterocycles. The zero-order chi connectivity index (χ0) is 24.9. The zero-order valence-electron chi connectivity index (χ0n) is 16.4. The standard InChI is InChI=1S/C19H13F9N4O/c1-9-4-10(2-3-14(9)29)8-31-15(19(26,27)28)30-32(16(31)33)13-6-11(17(20,21)22)5-12(7-13)18(23,24)25/h2-7H,8,29H2,1H3. The number of benzene rings is 2. The van der Waals surface area contributed by atoms with Gasteiger partial charge in [-0.05, 0) is 42.3 Å². The van der Waals surface area contributed by atoms with E-state index >= 15 is 0 Å². The lowest BCUT2D eigenvalue weighted by Crippen LogP contribution is -2.27. The molecule has 2 N–H and O–H groups in total. The molecule has 0 aliphatic rings. The molecule has 0 atom stereocenters. The van der Waals surface area contributed by atoms with Crippen LogP contribution in [0.1, 0.15) is 28.1 Å². The summed E-state index contributed by atoms with van der Waals surface area (Å²) in [5.41, 5.74) is 0.295. The minimum absolute atomic E-state index is 0.110.